The van der Waals surface area contributed by atoms with Gasteiger partial charge < -0.3 is 34.1 Å². The second-order valence-electron chi connectivity index (χ2n) is 16.2. The van der Waals surface area contributed by atoms with E-state index < -0.39 is 77.8 Å². The van der Waals surface area contributed by atoms with Crippen LogP contribution in [0.2, 0.25) is 0 Å². The number of piperidine rings is 1. The molecule has 13 atom stereocenters. The van der Waals surface area contributed by atoms with Gasteiger partial charge in [-0.2, -0.15) is 0 Å². The minimum Gasteiger partial charge on any atom is -0.456 e. The zero-order valence-corrected chi connectivity index (χ0v) is 32.5. The third-order valence-electron chi connectivity index (χ3n) is 11.9. The van der Waals surface area contributed by atoms with Crippen LogP contribution < -0.4 is 0 Å². The summed E-state index contributed by atoms with van der Waals surface area (Å²) in [5, 5.41) is 23.5. The zero-order chi connectivity index (χ0) is 38.5. The Morgan fingerprint density at radius 2 is 1.69 bits per heavy atom. The summed E-state index contributed by atoms with van der Waals surface area (Å²) < 4.78 is 24.1. The van der Waals surface area contributed by atoms with Crippen LogP contribution in [0.3, 0.4) is 0 Å². The fraction of sp³-hybridized carbons (Fsp3) is 0.756. The van der Waals surface area contributed by atoms with Crippen molar-refractivity contribution in [2.45, 2.75) is 142 Å². The van der Waals surface area contributed by atoms with E-state index in [0.29, 0.717) is 43.9 Å². The lowest BCUT2D eigenvalue weighted by atomic mass is 9.82. The first kappa shape index (κ1) is 42.0. The first-order valence-corrected chi connectivity index (χ1v) is 19.2. The van der Waals surface area contributed by atoms with Crippen molar-refractivity contribution in [1.82, 2.24) is 4.90 Å². The Kier molecular flexibility index (Phi) is 14.6. The highest BCUT2D eigenvalue weighted by Gasteiger charge is 2.56. The van der Waals surface area contributed by atoms with E-state index in [-0.39, 0.29) is 37.5 Å². The number of aliphatic hydroxyl groups is 2. The second kappa shape index (κ2) is 18.1. The number of nitrogens with zero attached hydrogens (tertiary/aromatic N) is 1. The molecule has 0 aromatic rings. The summed E-state index contributed by atoms with van der Waals surface area (Å²) in [6, 6.07) is -1.08. The number of ether oxygens (including phenoxy) is 4. The van der Waals surface area contributed by atoms with Gasteiger partial charge in [0.2, 0.25) is 5.79 Å². The van der Waals surface area contributed by atoms with Crippen molar-refractivity contribution in [2.75, 3.05) is 20.8 Å². The molecule has 3 aliphatic heterocycles. The second-order valence-corrected chi connectivity index (χ2v) is 16.2. The molecule has 0 aromatic heterocycles. The van der Waals surface area contributed by atoms with E-state index in [1.807, 2.05) is 19.9 Å². The molecular formula is C41H63NO10. The van der Waals surface area contributed by atoms with Crippen molar-refractivity contribution in [1.29, 1.82) is 0 Å². The number of hydrogen-bond acceptors (Lipinski definition) is 10. The minimum atomic E-state index is -2.48. The van der Waals surface area contributed by atoms with Crippen molar-refractivity contribution in [3.63, 3.8) is 0 Å². The lowest BCUT2D eigenvalue weighted by Gasteiger charge is -2.47. The number of methoxy groups -OCH3 is 2. The number of ketones is 2. The largest absolute Gasteiger partial charge is 0.456 e. The maximum atomic E-state index is 14.1. The molecule has 0 aromatic carbocycles. The minimum absolute atomic E-state index is 0.0354. The Morgan fingerprint density at radius 1 is 1.04 bits per heavy atom. The predicted octanol–water partition coefficient (Wildman–Crippen LogP) is 5.12. The van der Waals surface area contributed by atoms with Crippen molar-refractivity contribution in [2.24, 2.45) is 35.5 Å². The summed E-state index contributed by atoms with van der Waals surface area (Å²) in [5.41, 5.74) is 1.75. The van der Waals surface area contributed by atoms with E-state index in [2.05, 4.69) is 26.5 Å². The molecule has 292 valence electrons. The van der Waals surface area contributed by atoms with Crippen LogP contribution in [0.5, 0.6) is 0 Å². The highest BCUT2D eigenvalue weighted by molar-refractivity contribution is 6.39. The van der Waals surface area contributed by atoms with Crippen LogP contribution in [0.15, 0.2) is 36.0 Å². The number of cyclic esters (lactones) is 1. The molecular weight excluding hydrogens is 666 g/mol. The maximum absolute atomic E-state index is 14.1. The molecule has 2 bridgehead atoms. The molecule has 1 amide bonds. The molecule has 52 heavy (non-hydrogen) atoms. The van der Waals surface area contributed by atoms with Gasteiger partial charge in [0.05, 0.1) is 18.3 Å². The quantitative estimate of drug-likeness (QED) is 0.215. The average Bonchev–Trinajstić information content (AvgIpc) is 3.81. The third-order valence-corrected chi connectivity index (χ3v) is 11.9. The highest BCUT2D eigenvalue weighted by atomic mass is 16.7. The fourth-order valence-corrected chi connectivity index (χ4v) is 8.42. The van der Waals surface area contributed by atoms with Crippen LogP contribution >= 0.6 is 0 Å². The lowest BCUT2D eigenvalue weighted by molar-refractivity contribution is -0.302. The van der Waals surface area contributed by atoms with Gasteiger partial charge in [0.15, 0.2) is 0 Å². The number of aliphatic hydroxyl groups excluding tert-OH is 1. The van der Waals surface area contributed by atoms with Gasteiger partial charge >= 0.3 is 5.97 Å². The van der Waals surface area contributed by atoms with Crippen molar-refractivity contribution >= 4 is 23.4 Å². The monoisotopic (exact) mass is 729 g/mol. The van der Waals surface area contributed by atoms with Gasteiger partial charge in [-0.1, -0.05) is 51.5 Å². The van der Waals surface area contributed by atoms with Crippen molar-refractivity contribution in [3.05, 3.63) is 36.0 Å². The molecule has 4 aliphatic rings. The van der Waals surface area contributed by atoms with Gasteiger partial charge in [0.1, 0.15) is 24.0 Å². The number of rotatable bonds is 6. The van der Waals surface area contributed by atoms with Gasteiger partial charge in [-0.25, -0.2) is 4.79 Å². The summed E-state index contributed by atoms with van der Waals surface area (Å²) in [6.45, 7) is 15.4. The summed E-state index contributed by atoms with van der Waals surface area (Å²) in [7, 11) is 3.07. The molecule has 0 spiro atoms. The molecule has 11 heteroatoms. The fourth-order valence-electron chi connectivity index (χ4n) is 8.42. The molecule has 1 aliphatic carbocycles. The van der Waals surface area contributed by atoms with Crippen LogP contribution in [0, 0.1) is 35.5 Å². The molecule has 2 saturated heterocycles. The summed E-state index contributed by atoms with van der Waals surface area (Å²) >= 11 is 0. The van der Waals surface area contributed by atoms with Gasteiger partial charge in [0.25, 0.3) is 11.7 Å². The van der Waals surface area contributed by atoms with Crippen LogP contribution in [-0.2, 0) is 38.1 Å². The summed E-state index contributed by atoms with van der Waals surface area (Å²) in [5.74, 6) is -6.55. The lowest BCUT2D eigenvalue weighted by Crippen LogP contribution is -2.64. The number of carbonyl (C=O) groups is 4. The SMILES string of the molecule is C=CC[C@@H]1/C=C(\C)C[C@H](C)C[C@H](OC)[C@H]2O[C@@](O)(C(=O)C(=O)N3CCCC[C@H]3C(=O)O[C@H](/C(C)=C/C3CC3C)[C@H](C)[C@@H](O)CC1=O)[C@H](C)C[C@@H]2OC. The predicted molar refractivity (Wildman–Crippen MR) is 196 cm³/mol. The Hall–Kier alpha value is -2.70. The van der Waals surface area contributed by atoms with E-state index in [0.717, 1.165) is 17.6 Å². The number of carbonyl (C=O) groups excluding carboxylic acids is 4. The van der Waals surface area contributed by atoms with E-state index >= 15 is 0 Å². The van der Waals surface area contributed by atoms with Gasteiger partial charge in [-0.05, 0) is 88.5 Å². The zero-order valence-electron chi connectivity index (χ0n) is 32.5. The molecule has 4 rings (SSSR count). The smallest absolute Gasteiger partial charge is 0.329 e. The summed E-state index contributed by atoms with van der Waals surface area (Å²) in [6.07, 6.45) is 5.80. The van der Waals surface area contributed by atoms with Crippen molar-refractivity contribution < 1.29 is 48.3 Å². The standard InChI is InChI=1S/C41H63NO10/c1-10-13-29-17-23(2)16-24(3)18-34(49-8)37-35(50-9)21-27(6)41(48,52-37)38(45)39(46)42-15-12-11-14-31(42)40(47)51-36(26(5)20-30-19-25(30)4)28(7)32(43)22-33(29)44/h10,17,20,24-25,27-32,34-37,43,48H,1,11-16,18-19,21-22H2,2-9H3/b23-17+,26-20+/t24-,25?,27+,28+,29+,30?,31-,32-,34-,35-,36+,37+,41+/m0/s1. The number of fused-ring (bicyclic) bond motifs is 3. The molecule has 3 heterocycles. The molecule has 1 saturated carbocycles. The number of hydrogen-bond donors (Lipinski definition) is 2. The van der Waals surface area contributed by atoms with Crippen LogP contribution in [0.25, 0.3) is 0 Å². The normalized spacial score (nSPS) is 41.6. The maximum Gasteiger partial charge on any atom is 0.329 e. The van der Waals surface area contributed by atoms with E-state index in [1.54, 1.807) is 19.9 Å². The number of amides is 1. The molecule has 0 radical (unpaired) electrons. The van der Waals surface area contributed by atoms with Crippen LogP contribution in [0.4, 0.5) is 0 Å². The molecule has 2 unspecified atom stereocenters. The molecule has 11 nitrogen and oxygen atoms in total. The first-order chi connectivity index (χ1) is 24.6. The molecule has 3 fully saturated rings. The Morgan fingerprint density at radius 3 is 2.31 bits per heavy atom. The average molecular weight is 730 g/mol. The third kappa shape index (κ3) is 9.69. The van der Waals surface area contributed by atoms with Gasteiger partial charge in [-0.3, -0.25) is 14.4 Å². The van der Waals surface area contributed by atoms with Gasteiger partial charge in [-0.15, -0.1) is 6.58 Å². The van der Waals surface area contributed by atoms with Crippen LogP contribution in [-0.4, -0.2) is 102 Å². The van der Waals surface area contributed by atoms with E-state index in [1.165, 1.54) is 19.1 Å². The number of Topliss-reactive ketones (excluding diaryl/α,β-unsaturated/α-hetero) is 2. The van der Waals surface area contributed by atoms with E-state index in [4.69, 9.17) is 18.9 Å². The van der Waals surface area contributed by atoms with Crippen LogP contribution in [0.1, 0.15) is 99.3 Å². The van der Waals surface area contributed by atoms with Crippen molar-refractivity contribution in [3.8, 4) is 0 Å². The van der Waals surface area contributed by atoms with Gasteiger partial charge in [0, 0.05) is 44.9 Å². The Balaban J connectivity index is 1.77. The number of allylic oxidation sites excluding steroid dienone is 4. The highest BCUT2D eigenvalue weighted by Crippen LogP contribution is 2.41. The summed E-state index contributed by atoms with van der Waals surface area (Å²) in [4.78, 5) is 57.2. The first-order valence-electron chi connectivity index (χ1n) is 19.2. The number of esters is 1. The topological polar surface area (TPSA) is 149 Å². The molecule has 2 N–H and O–H groups in total. The Bertz CT molecular complexity index is 1370. The van der Waals surface area contributed by atoms with E-state index in [9.17, 15) is 29.4 Å². The Labute approximate surface area is 310 Å².